The number of aromatic nitrogens is 1. The van der Waals surface area contributed by atoms with Crippen LogP contribution in [0.2, 0.25) is 0 Å². The molecule has 2 aromatic rings. The highest BCUT2D eigenvalue weighted by Crippen LogP contribution is 2.13. The fourth-order valence-electron chi connectivity index (χ4n) is 1.28. The normalized spacial score (nSPS) is 9.94. The molecule has 0 amide bonds. The maximum Gasteiger partial charge on any atom is 0.210 e. The molecule has 0 N–H and O–H groups in total. The highest BCUT2D eigenvalue weighted by Gasteiger charge is 2.04. The molecule has 1 heterocycles. The Balaban J connectivity index is 2.18. The van der Waals surface area contributed by atoms with Crippen molar-refractivity contribution in [3.8, 4) is 11.8 Å². The quantitative estimate of drug-likeness (QED) is 0.677. The maximum atomic E-state index is 5.12. The van der Waals surface area contributed by atoms with Gasteiger partial charge in [-0.15, -0.1) is 0 Å². The molecule has 0 atom stereocenters. The van der Waals surface area contributed by atoms with Gasteiger partial charge in [-0.3, -0.25) is 0 Å². The van der Waals surface area contributed by atoms with Crippen molar-refractivity contribution < 1.29 is 4.52 Å². The van der Waals surface area contributed by atoms with Gasteiger partial charge in [-0.1, -0.05) is 43.1 Å². The van der Waals surface area contributed by atoms with Crippen LogP contribution < -0.4 is 0 Å². The van der Waals surface area contributed by atoms with Gasteiger partial charge in [0, 0.05) is 11.6 Å². The number of nitrogens with zero attached hydrogens (tertiary/aromatic N) is 1. The summed E-state index contributed by atoms with van der Waals surface area (Å²) in [6.45, 7) is 4.15. The zero-order valence-electron chi connectivity index (χ0n) is 9.40. The SMILES string of the molecule is CC(C)c1cc(C#Cc2ccccc2)on1. The molecule has 2 heteroatoms. The number of benzene rings is 1. The van der Waals surface area contributed by atoms with E-state index in [4.69, 9.17) is 4.52 Å². The number of hydrogen-bond donors (Lipinski definition) is 0. The second-order valence-electron chi connectivity index (χ2n) is 3.89. The van der Waals surface area contributed by atoms with E-state index in [1.165, 1.54) is 0 Å². The summed E-state index contributed by atoms with van der Waals surface area (Å²) >= 11 is 0. The number of rotatable bonds is 1. The van der Waals surface area contributed by atoms with Crippen LogP contribution in [-0.4, -0.2) is 5.16 Å². The highest BCUT2D eigenvalue weighted by atomic mass is 16.5. The Morgan fingerprint density at radius 2 is 1.88 bits per heavy atom. The summed E-state index contributed by atoms with van der Waals surface area (Å²) < 4.78 is 5.12. The van der Waals surface area contributed by atoms with Gasteiger partial charge in [-0.05, 0) is 24.0 Å². The summed E-state index contributed by atoms with van der Waals surface area (Å²) in [5.74, 6) is 6.98. The van der Waals surface area contributed by atoms with Crippen molar-refractivity contribution in [2.24, 2.45) is 0 Å². The lowest BCUT2D eigenvalue weighted by atomic mass is 10.1. The Kier molecular flexibility index (Phi) is 3.07. The first kappa shape index (κ1) is 10.5. The highest BCUT2D eigenvalue weighted by molar-refractivity contribution is 5.39. The molecule has 0 radical (unpaired) electrons. The van der Waals surface area contributed by atoms with Crippen molar-refractivity contribution in [3.63, 3.8) is 0 Å². The van der Waals surface area contributed by atoms with Gasteiger partial charge in [-0.2, -0.15) is 0 Å². The van der Waals surface area contributed by atoms with Crippen molar-refractivity contribution in [1.29, 1.82) is 0 Å². The lowest BCUT2D eigenvalue weighted by molar-refractivity contribution is 0.400. The largest absolute Gasteiger partial charge is 0.347 e. The van der Waals surface area contributed by atoms with E-state index >= 15 is 0 Å². The average Bonchev–Trinajstić information content (AvgIpc) is 2.76. The van der Waals surface area contributed by atoms with Crippen molar-refractivity contribution in [3.05, 3.63) is 53.4 Å². The van der Waals surface area contributed by atoms with Crippen LogP contribution in [0.4, 0.5) is 0 Å². The Morgan fingerprint density at radius 3 is 2.50 bits per heavy atom. The van der Waals surface area contributed by atoms with Crippen molar-refractivity contribution >= 4 is 0 Å². The minimum Gasteiger partial charge on any atom is -0.347 e. The van der Waals surface area contributed by atoms with Crippen LogP contribution in [0.3, 0.4) is 0 Å². The molecule has 0 aliphatic rings. The van der Waals surface area contributed by atoms with E-state index < -0.39 is 0 Å². The molecule has 0 saturated carbocycles. The summed E-state index contributed by atoms with van der Waals surface area (Å²) in [5, 5.41) is 3.95. The third kappa shape index (κ3) is 2.52. The molecular formula is C14H13NO. The Hall–Kier alpha value is -2.01. The third-order valence-electron chi connectivity index (χ3n) is 2.22. The summed E-state index contributed by atoms with van der Waals surface area (Å²) in [5.41, 5.74) is 1.92. The lowest BCUT2D eigenvalue weighted by Gasteiger charge is -1.92. The molecule has 0 aliphatic heterocycles. The molecule has 0 unspecified atom stereocenters. The average molecular weight is 211 g/mol. The maximum absolute atomic E-state index is 5.12. The molecule has 0 aliphatic carbocycles. The van der Waals surface area contributed by atoms with Gasteiger partial charge in [0.05, 0.1) is 5.69 Å². The molecule has 0 spiro atoms. The zero-order valence-corrected chi connectivity index (χ0v) is 9.40. The van der Waals surface area contributed by atoms with Crippen molar-refractivity contribution in [1.82, 2.24) is 5.16 Å². The molecule has 0 bridgehead atoms. The van der Waals surface area contributed by atoms with Gasteiger partial charge in [0.1, 0.15) is 0 Å². The Labute approximate surface area is 95.3 Å². The van der Waals surface area contributed by atoms with Gasteiger partial charge < -0.3 is 4.52 Å². The van der Waals surface area contributed by atoms with Gasteiger partial charge in [0.25, 0.3) is 0 Å². The van der Waals surface area contributed by atoms with E-state index in [1.54, 1.807) is 0 Å². The molecule has 1 aromatic carbocycles. The van der Waals surface area contributed by atoms with Gasteiger partial charge in [0.15, 0.2) is 0 Å². The molecule has 2 rings (SSSR count). The molecule has 2 nitrogen and oxygen atoms in total. The van der Waals surface area contributed by atoms with E-state index in [-0.39, 0.29) is 0 Å². The summed E-state index contributed by atoms with van der Waals surface area (Å²) in [6.07, 6.45) is 0. The first-order valence-electron chi connectivity index (χ1n) is 5.29. The first-order chi connectivity index (χ1) is 7.75. The van der Waals surface area contributed by atoms with Crippen LogP contribution in [0.15, 0.2) is 40.9 Å². The Morgan fingerprint density at radius 1 is 1.12 bits per heavy atom. The van der Waals surface area contributed by atoms with Crippen LogP contribution in [0.1, 0.15) is 36.8 Å². The van der Waals surface area contributed by atoms with E-state index in [1.807, 2.05) is 36.4 Å². The van der Waals surface area contributed by atoms with Gasteiger partial charge >= 0.3 is 0 Å². The Bertz CT molecular complexity index is 514. The second kappa shape index (κ2) is 4.67. The molecule has 16 heavy (non-hydrogen) atoms. The van der Waals surface area contributed by atoms with Crippen molar-refractivity contribution in [2.75, 3.05) is 0 Å². The predicted molar refractivity (Wildman–Crippen MR) is 63.0 cm³/mol. The summed E-state index contributed by atoms with van der Waals surface area (Å²) in [7, 11) is 0. The summed E-state index contributed by atoms with van der Waals surface area (Å²) in [4.78, 5) is 0. The minimum absolute atomic E-state index is 0.371. The predicted octanol–water partition coefficient (Wildman–Crippen LogP) is 3.20. The van der Waals surface area contributed by atoms with E-state index in [0.29, 0.717) is 11.7 Å². The smallest absolute Gasteiger partial charge is 0.210 e. The zero-order chi connectivity index (χ0) is 11.4. The second-order valence-corrected chi connectivity index (χ2v) is 3.89. The van der Waals surface area contributed by atoms with Crippen molar-refractivity contribution in [2.45, 2.75) is 19.8 Å². The van der Waals surface area contributed by atoms with E-state index in [2.05, 4.69) is 30.8 Å². The first-order valence-corrected chi connectivity index (χ1v) is 5.29. The van der Waals surface area contributed by atoms with E-state index in [9.17, 15) is 0 Å². The van der Waals surface area contributed by atoms with Crippen LogP contribution in [0.25, 0.3) is 0 Å². The topological polar surface area (TPSA) is 26.0 Å². The lowest BCUT2D eigenvalue weighted by Crippen LogP contribution is -1.84. The standard InChI is InChI=1S/C14H13NO/c1-11(2)14-10-13(16-15-14)9-8-12-6-4-3-5-7-12/h3-7,10-11H,1-2H3. The van der Waals surface area contributed by atoms with Gasteiger partial charge in [0.2, 0.25) is 5.76 Å². The summed E-state index contributed by atoms with van der Waals surface area (Å²) in [6, 6.07) is 11.7. The minimum atomic E-state index is 0.371. The molecular weight excluding hydrogens is 198 g/mol. The monoisotopic (exact) mass is 211 g/mol. The number of hydrogen-bond acceptors (Lipinski definition) is 2. The molecule has 80 valence electrons. The molecule has 0 fully saturated rings. The van der Waals surface area contributed by atoms with Crippen LogP contribution in [0, 0.1) is 11.8 Å². The van der Waals surface area contributed by atoms with Gasteiger partial charge in [-0.25, -0.2) is 0 Å². The fraction of sp³-hybridized carbons (Fsp3) is 0.214. The van der Waals surface area contributed by atoms with Crippen LogP contribution >= 0.6 is 0 Å². The fourth-order valence-corrected chi connectivity index (χ4v) is 1.28. The molecule has 1 aromatic heterocycles. The van der Waals surface area contributed by atoms with E-state index in [0.717, 1.165) is 11.3 Å². The molecule has 0 saturated heterocycles. The van der Waals surface area contributed by atoms with Crippen LogP contribution in [-0.2, 0) is 0 Å². The third-order valence-corrected chi connectivity index (χ3v) is 2.22. The van der Waals surface area contributed by atoms with Crippen LogP contribution in [0.5, 0.6) is 0 Å².